The van der Waals surface area contributed by atoms with Crippen LogP contribution in [-0.4, -0.2) is 4.98 Å². The summed E-state index contributed by atoms with van der Waals surface area (Å²) in [4.78, 5) is 4.74. The van der Waals surface area contributed by atoms with E-state index in [2.05, 4.69) is 86.6 Å². The first-order chi connectivity index (χ1) is 14.3. The molecule has 0 atom stereocenters. The predicted octanol–water partition coefficient (Wildman–Crippen LogP) is 8.00. The minimum absolute atomic E-state index is 1.06. The lowest BCUT2D eigenvalue weighted by Gasteiger charge is -2.13. The molecule has 0 aliphatic rings. The molecule has 1 heteroatoms. The number of pyridine rings is 1. The van der Waals surface area contributed by atoms with Crippen LogP contribution in [0.1, 0.15) is 43.7 Å². The zero-order chi connectivity index (χ0) is 20.1. The van der Waals surface area contributed by atoms with Gasteiger partial charge in [0.1, 0.15) is 0 Å². The Hall–Kier alpha value is -2.93. The molecule has 0 aliphatic heterocycles. The average Bonchev–Trinajstić information content (AvgIpc) is 2.77. The van der Waals surface area contributed by atoms with E-state index in [1.54, 1.807) is 0 Å². The summed E-state index contributed by atoms with van der Waals surface area (Å²) >= 11 is 0. The molecule has 0 amide bonds. The number of hydrogen-bond donors (Lipinski definition) is 0. The number of fused-ring (bicyclic) bond motifs is 1. The summed E-state index contributed by atoms with van der Waals surface area (Å²) in [6, 6.07) is 26.3. The number of rotatable bonds is 7. The van der Waals surface area contributed by atoms with Crippen molar-refractivity contribution >= 4 is 10.8 Å². The molecular formula is C28H29N. The highest BCUT2D eigenvalue weighted by molar-refractivity contribution is 5.96. The second-order valence-electron chi connectivity index (χ2n) is 7.87. The monoisotopic (exact) mass is 379 g/mol. The highest BCUT2D eigenvalue weighted by Crippen LogP contribution is 2.34. The number of unbranched alkanes of at least 4 members (excludes halogenated alkanes) is 3. The maximum absolute atomic E-state index is 4.74. The number of benzene rings is 3. The van der Waals surface area contributed by atoms with E-state index in [0.717, 1.165) is 5.69 Å². The van der Waals surface area contributed by atoms with Gasteiger partial charge in [-0.15, -0.1) is 0 Å². The molecule has 4 rings (SSSR count). The van der Waals surface area contributed by atoms with Crippen LogP contribution in [0.4, 0.5) is 0 Å². The largest absolute Gasteiger partial charge is 0.256 e. The Balaban J connectivity index is 1.65. The molecule has 1 aromatic heterocycles. The van der Waals surface area contributed by atoms with E-state index in [-0.39, 0.29) is 0 Å². The molecule has 1 nitrogen and oxygen atoms in total. The maximum Gasteiger partial charge on any atom is 0.0783 e. The Morgan fingerprint density at radius 1 is 0.724 bits per heavy atom. The van der Waals surface area contributed by atoms with Crippen molar-refractivity contribution in [1.82, 2.24) is 4.98 Å². The van der Waals surface area contributed by atoms with Gasteiger partial charge < -0.3 is 0 Å². The molecule has 0 bridgehead atoms. The molecule has 0 N–H and O–H groups in total. The Labute approximate surface area is 174 Å². The molecule has 0 fully saturated rings. The van der Waals surface area contributed by atoms with Gasteiger partial charge in [0.25, 0.3) is 0 Å². The van der Waals surface area contributed by atoms with Crippen LogP contribution >= 0.6 is 0 Å². The minimum Gasteiger partial charge on any atom is -0.256 e. The molecule has 0 radical (unpaired) electrons. The van der Waals surface area contributed by atoms with Gasteiger partial charge in [0.15, 0.2) is 0 Å². The average molecular weight is 380 g/mol. The van der Waals surface area contributed by atoms with Crippen molar-refractivity contribution < 1.29 is 0 Å². The summed E-state index contributed by atoms with van der Waals surface area (Å²) in [6.07, 6.45) is 8.34. The second kappa shape index (κ2) is 9.05. The first-order valence-corrected chi connectivity index (χ1v) is 10.8. The standard InChI is InChI=1S/C28H29N/c1-3-4-5-6-10-22-15-17-24(18-16-22)25-13-9-14-26(21(25)2)28-27-12-8-7-11-23(27)19-20-29-28/h7-9,11-20H,3-6,10H2,1-2H3. The van der Waals surface area contributed by atoms with E-state index in [0.29, 0.717) is 0 Å². The number of aryl methyl sites for hydroxylation is 1. The topological polar surface area (TPSA) is 12.9 Å². The third kappa shape index (κ3) is 4.24. The molecule has 29 heavy (non-hydrogen) atoms. The summed E-state index contributed by atoms with van der Waals surface area (Å²) in [6.45, 7) is 4.48. The second-order valence-corrected chi connectivity index (χ2v) is 7.87. The van der Waals surface area contributed by atoms with Gasteiger partial charge >= 0.3 is 0 Å². The number of hydrogen-bond acceptors (Lipinski definition) is 1. The minimum atomic E-state index is 1.06. The fourth-order valence-electron chi connectivity index (χ4n) is 4.15. The third-order valence-corrected chi connectivity index (χ3v) is 5.85. The molecule has 4 aromatic rings. The van der Waals surface area contributed by atoms with Crippen LogP contribution in [-0.2, 0) is 6.42 Å². The Morgan fingerprint density at radius 3 is 2.34 bits per heavy atom. The molecule has 1 heterocycles. The normalized spacial score (nSPS) is 11.1. The van der Waals surface area contributed by atoms with Crippen LogP contribution in [0.15, 0.2) is 79.0 Å². The fraction of sp³-hybridized carbons (Fsp3) is 0.250. The summed E-state index contributed by atoms with van der Waals surface area (Å²) in [5.74, 6) is 0. The van der Waals surface area contributed by atoms with Gasteiger partial charge in [-0.3, -0.25) is 4.98 Å². The van der Waals surface area contributed by atoms with Crippen molar-refractivity contribution in [3.05, 3.63) is 90.1 Å². The first-order valence-electron chi connectivity index (χ1n) is 10.8. The molecule has 0 unspecified atom stereocenters. The van der Waals surface area contributed by atoms with Crippen LogP contribution in [0.2, 0.25) is 0 Å². The molecule has 0 saturated heterocycles. The fourth-order valence-corrected chi connectivity index (χ4v) is 4.15. The SMILES string of the molecule is CCCCCCc1ccc(-c2cccc(-c3nccc4ccccc34)c2C)cc1. The van der Waals surface area contributed by atoms with Gasteiger partial charge in [-0.2, -0.15) is 0 Å². The zero-order valence-electron chi connectivity index (χ0n) is 17.5. The lowest BCUT2D eigenvalue weighted by molar-refractivity contribution is 0.667. The third-order valence-electron chi connectivity index (χ3n) is 5.85. The summed E-state index contributed by atoms with van der Waals surface area (Å²) in [5, 5.41) is 2.44. The van der Waals surface area contributed by atoms with Crippen LogP contribution in [0.5, 0.6) is 0 Å². The Bertz CT molecular complexity index is 1090. The quantitative estimate of drug-likeness (QED) is 0.296. The Morgan fingerprint density at radius 2 is 1.52 bits per heavy atom. The highest BCUT2D eigenvalue weighted by Gasteiger charge is 2.11. The molecule has 146 valence electrons. The van der Waals surface area contributed by atoms with Gasteiger partial charge in [0.2, 0.25) is 0 Å². The van der Waals surface area contributed by atoms with E-state index in [1.807, 2.05) is 6.20 Å². The molecule has 0 spiro atoms. The van der Waals surface area contributed by atoms with Crippen molar-refractivity contribution in [2.45, 2.75) is 46.0 Å². The lowest BCUT2D eigenvalue weighted by atomic mass is 9.92. The van der Waals surface area contributed by atoms with Crippen LogP contribution in [0.3, 0.4) is 0 Å². The predicted molar refractivity (Wildman–Crippen MR) is 125 cm³/mol. The van der Waals surface area contributed by atoms with Crippen LogP contribution in [0, 0.1) is 6.92 Å². The van der Waals surface area contributed by atoms with E-state index in [9.17, 15) is 0 Å². The van der Waals surface area contributed by atoms with Gasteiger partial charge in [-0.25, -0.2) is 0 Å². The van der Waals surface area contributed by atoms with Crippen LogP contribution < -0.4 is 0 Å². The number of nitrogens with zero attached hydrogens (tertiary/aromatic N) is 1. The molecule has 3 aromatic carbocycles. The Kier molecular flexibility index (Phi) is 6.05. The van der Waals surface area contributed by atoms with Crippen molar-refractivity contribution in [2.24, 2.45) is 0 Å². The van der Waals surface area contributed by atoms with Gasteiger partial charge in [-0.1, -0.05) is 92.9 Å². The summed E-state index contributed by atoms with van der Waals surface area (Å²) < 4.78 is 0. The molecule has 0 saturated carbocycles. The first kappa shape index (κ1) is 19.4. The van der Waals surface area contributed by atoms with E-state index >= 15 is 0 Å². The van der Waals surface area contributed by atoms with E-state index in [4.69, 9.17) is 4.98 Å². The smallest absolute Gasteiger partial charge is 0.0783 e. The highest BCUT2D eigenvalue weighted by atomic mass is 14.7. The lowest BCUT2D eigenvalue weighted by Crippen LogP contribution is -1.92. The van der Waals surface area contributed by atoms with Crippen molar-refractivity contribution in [3.63, 3.8) is 0 Å². The number of aromatic nitrogens is 1. The maximum atomic E-state index is 4.74. The van der Waals surface area contributed by atoms with Crippen LogP contribution in [0.25, 0.3) is 33.2 Å². The van der Waals surface area contributed by atoms with Crippen molar-refractivity contribution in [3.8, 4) is 22.4 Å². The zero-order valence-corrected chi connectivity index (χ0v) is 17.5. The molecule has 0 aliphatic carbocycles. The van der Waals surface area contributed by atoms with Crippen molar-refractivity contribution in [2.75, 3.05) is 0 Å². The van der Waals surface area contributed by atoms with E-state index < -0.39 is 0 Å². The van der Waals surface area contributed by atoms with Gasteiger partial charge in [-0.05, 0) is 53.5 Å². The van der Waals surface area contributed by atoms with Gasteiger partial charge in [0, 0.05) is 17.1 Å². The molecular weight excluding hydrogens is 350 g/mol. The summed E-state index contributed by atoms with van der Waals surface area (Å²) in [7, 11) is 0. The van der Waals surface area contributed by atoms with E-state index in [1.165, 1.54) is 70.7 Å². The van der Waals surface area contributed by atoms with Crippen molar-refractivity contribution in [1.29, 1.82) is 0 Å². The summed E-state index contributed by atoms with van der Waals surface area (Å²) in [5.41, 5.74) is 7.57. The van der Waals surface area contributed by atoms with Gasteiger partial charge in [0.05, 0.1) is 5.69 Å².